The van der Waals surface area contributed by atoms with Gasteiger partial charge in [0.25, 0.3) is 0 Å². The highest BCUT2D eigenvalue weighted by molar-refractivity contribution is 7.99. The summed E-state index contributed by atoms with van der Waals surface area (Å²) in [4.78, 5) is 13.2. The van der Waals surface area contributed by atoms with Gasteiger partial charge in [-0.3, -0.25) is 4.79 Å². The zero-order valence-electron chi connectivity index (χ0n) is 13.2. The molecule has 1 atom stereocenters. The average Bonchev–Trinajstić information content (AvgIpc) is 3.12. The lowest BCUT2D eigenvalue weighted by molar-refractivity contribution is 0.0986. The Bertz CT molecular complexity index is 626. The summed E-state index contributed by atoms with van der Waals surface area (Å²) in [6, 6.07) is 9.41. The van der Waals surface area contributed by atoms with Gasteiger partial charge in [-0.1, -0.05) is 12.1 Å². The van der Waals surface area contributed by atoms with Crippen molar-refractivity contribution in [3.8, 4) is 11.5 Å². The first-order valence-electron chi connectivity index (χ1n) is 7.20. The van der Waals surface area contributed by atoms with Crippen molar-refractivity contribution in [2.24, 2.45) is 0 Å². The lowest BCUT2D eigenvalue weighted by Crippen LogP contribution is -2.06. The van der Waals surface area contributed by atoms with E-state index in [1.54, 1.807) is 26.0 Å². The van der Waals surface area contributed by atoms with Gasteiger partial charge >= 0.3 is 0 Å². The molecule has 6 heteroatoms. The van der Waals surface area contributed by atoms with Crippen LogP contribution in [0.2, 0.25) is 0 Å². The van der Waals surface area contributed by atoms with Crippen molar-refractivity contribution in [1.29, 1.82) is 0 Å². The number of methoxy groups -OCH3 is 2. The molecule has 0 unspecified atom stereocenters. The molecule has 2 rings (SSSR count). The normalized spacial score (nSPS) is 12.0. The predicted octanol–water partition coefficient (Wildman–Crippen LogP) is 3.80. The van der Waals surface area contributed by atoms with Gasteiger partial charge in [0.05, 0.1) is 25.7 Å². The van der Waals surface area contributed by atoms with Gasteiger partial charge in [-0.2, -0.15) is 11.8 Å². The zero-order chi connectivity index (χ0) is 16.7. The van der Waals surface area contributed by atoms with Crippen LogP contribution in [0.4, 0.5) is 0 Å². The Hall–Kier alpha value is -1.50. The number of aliphatic hydroxyl groups is 1. The van der Waals surface area contributed by atoms with Crippen LogP contribution in [-0.2, 0) is 0 Å². The first-order chi connectivity index (χ1) is 11.2. The monoisotopic (exact) mass is 352 g/mol. The Morgan fingerprint density at radius 2 is 2.04 bits per heavy atom. The quantitative estimate of drug-likeness (QED) is 0.696. The maximum atomic E-state index is 12.4. The molecule has 0 saturated heterocycles. The number of aliphatic hydroxyl groups excluding tert-OH is 1. The van der Waals surface area contributed by atoms with Crippen molar-refractivity contribution in [3.63, 3.8) is 0 Å². The summed E-state index contributed by atoms with van der Waals surface area (Å²) in [6.45, 7) is 0.0850. The van der Waals surface area contributed by atoms with E-state index >= 15 is 0 Å². The fraction of sp³-hybridized carbons (Fsp3) is 0.353. The van der Waals surface area contributed by atoms with E-state index in [-0.39, 0.29) is 17.6 Å². The SMILES string of the molecule is COc1ccc([C@H](CC(=O)c2cccs2)SCCO)cc1OC. The molecule has 1 N–H and O–H groups in total. The van der Waals surface area contributed by atoms with E-state index in [4.69, 9.17) is 14.6 Å². The van der Waals surface area contributed by atoms with Crippen LogP contribution in [-0.4, -0.2) is 37.5 Å². The second kappa shape index (κ2) is 8.96. The molecule has 0 bridgehead atoms. The number of ether oxygens (including phenoxy) is 2. The van der Waals surface area contributed by atoms with Crippen LogP contribution in [0.5, 0.6) is 11.5 Å². The Morgan fingerprint density at radius 3 is 2.65 bits per heavy atom. The van der Waals surface area contributed by atoms with E-state index in [9.17, 15) is 4.79 Å². The molecule has 1 aromatic carbocycles. The second-order valence-electron chi connectivity index (χ2n) is 4.80. The van der Waals surface area contributed by atoms with Crippen LogP contribution in [0.15, 0.2) is 35.7 Å². The molecule has 2 aromatic rings. The molecule has 1 aromatic heterocycles. The minimum atomic E-state index is -0.0310. The van der Waals surface area contributed by atoms with Gasteiger partial charge in [0.1, 0.15) is 0 Å². The highest BCUT2D eigenvalue weighted by Crippen LogP contribution is 2.38. The Balaban J connectivity index is 2.22. The fourth-order valence-electron chi connectivity index (χ4n) is 2.23. The van der Waals surface area contributed by atoms with Crippen LogP contribution in [0.1, 0.15) is 26.9 Å². The highest BCUT2D eigenvalue weighted by Gasteiger charge is 2.20. The van der Waals surface area contributed by atoms with Crippen molar-refractivity contribution in [3.05, 3.63) is 46.2 Å². The molecule has 0 amide bonds. The molecule has 1 heterocycles. The van der Waals surface area contributed by atoms with Gasteiger partial charge < -0.3 is 14.6 Å². The Morgan fingerprint density at radius 1 is 1.26 bits per heavy atom. The molecule has 23 heavy (non-hydrogen) atoms. The number of thiophene rings is 1. The number of benzene rings is 1. The maximum Gasteiger partial charge on any atom is 0.174 e. The molecule has 124 valence electrons. The second-order valence-corrected chi connectivity index (χ2v) is 7.06. The van der Waals surface area contributed by atoms with Gasteiger partial charge in [-0.05, 0) is 29.1 Å². The van der Waals surface area contributed by atoms with Crippen LogP contribution in [0.25, 0.3) is 0 Å². The lowest BCUT2D eigenvalue weighted by Gasteiger charge is -2.17. The molecule has 0 aliphatic heterocycles. The Labute approximate surface area is 144 Å². The van der Waals surface area contributed by atoms with Crippen molar-refractivity contribution < 1.29 is 19.4 Å². The molecular weight excluding hydrogens is 332 g/mol. The molecule has 0 saturated carbocycles. The summed E-state index contributed by atoms with van der Waals surface area (Å²) in [5.74, 6) is 2.00. The third-order valence-electron chi connectivity index (χ3n) is 3.36. The molecule has 4 nitrogen and oxygen atoms in total. The van der Waals surface area contributed by atoms with Crippen molar-refractivity contribution in [2.75, 3.05) is 26.6 Å². The highest BCUT2D eigenvalue weighted by atomic mass is 32.2. The largest absolute Gasteiger partial charge is 0.493 e. The summed E-state index contributed by atoms with van der Waals surface area (Å²) in [5.41, 5.74) is 0.992. The number of carbonyl (C=O) groups is 1. The first kappa shape index (κ1) is 17.8. The number of rotatable bonds is 9. The molecule has 0 spiro atoms. The van der Waals surface area contributed by atoms with Crippen LogP contribution in [0.3, 0.4) is 0 Å². The molecule has 0 radical (unpaired) electrons. The van der Waals surface area contributed by atoms with Gasteiger partial charge in [0, 0.05) is 17.4 Å². The first-order valence-corrected chi connectivity index (χ1v) is 9.13. The molecule has 0 aliphatic rings. The molecular formula is C17H20O4S2. The van der Waals surface area contributed by atoms with Crippen LogP contribution < -0.4 is 9.47 Å². The zero-order valence-corrected chi connectivity index (χ0v) is 14.8. The van der Waals surface area contributed by atoms with E-state index in [0.29, 0.717) is 23.7 Å². The molecule has 0 fully saturated rings. The van der Waals surface area contributed by atoms with Crippen molar-refractivity contribution in [1.82, 2.24) is 0 Å². The number of thioether (sulfide) groups is 1. The fourth-order valence-corrected chi connectivity index (χ4v) is 3.90. The van der Waals surface area contributed by atoms with E-state index in [1.807, 2.05) is 35.7 Å². The van der Waals surface area contributed by atoms with E-state index < -0.39 is 0 Å². The van der Waals surface area contributed by atoms with Crippen molar-refractivity contribution in [2.45, 2.75) is 11.7 Å². The maximum absolute atomic E-state index is 12.4. The van der Waals surface area contributed by atoms with E-state index in [1.165, 1.54) is 11.3 Å². The van der Waals surface area contributed by atoms with Gasteiger partial charge in [-0.15, -0.1) is 11.3 Å². The number of hydrogen-bond donors (Lipinski definition) is 1. The number of hydrogen-bond acceptors (Lipinski definition) is 6. The molecule has 0 aliphatic carbocycles. The average molecular weight is 352 g/mol. The standard InChI is InChI=1S/C17H20O4S2/c1-20-14-6-5-12(10-15(14)21-2)17(23-9-7-18)11-13(19)16-4-3-8-22-16/h3-6,8,10,17-18H,7,9,11H2,1-2H3/t17-/m0/s1. The summed E-state index contributed by atoms with van der Waals surface area (Å²) >= 11 is 3.02. The predicted molar refractivity (Wildman–Crippen MR) is 95.1 cm³/mol. The van der Waals surface area contributed by atoms with Gasteiger partial charge in [0.2, 0.25) is 0 Å². The minimum Gasteiger partial charge on any atom is -0.493 e. The van der Waals surface area contributed by atoms with Gasteiger partial charge in [-0.25, -0.2) is 0 Å². The topological polar surface area (TPSA) is 55.8 Å². The van der Waals surface area contributed by atoms with E-state index in [0.717, 1.165) is 10.4 Å². The Kier molecular flexibility index (Phi) is 6.95. The number of Topliss-reactive ketones (excluding diaryl/α,β-unsaturated/α-hetero) is 1. The minimum absolute atomic E-state index is 0.0310. The van der Waals surface area contributed by atoms with Gasteiger partial charge in [0.15, 0.2) is 17.3 Å². The van der Waals surface area contributed by atoms with E-state index in [2.05, 4.69) is 0 Å². The third-order valence-corrected chi connectivity index (χ3v) is 5.53. The number of carbonyl (C=O) groups excluding carboxylic acids is 1. The number of ketones is 1. The van der Waals surface area contributed by atoms with Crippen LogP contribution in [0, 0.1) is 0 Å². The lowest BCUT2D eigenvalue weighted by atomic mass is 10.1. The third kappa shape index (κ3) is 4.73. The van der Waals surface area contributed by atoms with Crippen molar-refractivity contribution >= 4 is 28.9 Å². The summed E-state index contributed by atoms with van der Waals surface area (Å²) < 4.78 is 10.6. The summed E-state index contributed by atoms with van der Waals surface area (Å²) in [6.07, 6.45) is 0.390. The summed E-state index contributed by atoms with van der Waals surface area (Å²) in [7, 11) is 3.18. The van der Waals surface area contributed by atoms with Crippen LogP contribution >= 0.6 is 23.1 Å². The smallest absolute Gasteiger partial charge is 0.174 e. The summed E-state index contributed by atoms with van der Waals surface area (Å²) in [5, 5.41) is 11.0.